The van der Waals surface area contributed by atoms with E-state index in [-0.39, 0.29) is 5.91 Å². The van der Waals surface area contributed by atoms with Crippen LogP contribution in [0.5, 0.6) is 5.75 Å². The Morgan fingerprint density at radius 3 is 2.50 bits per heavy atom. The fourth-order valence-electron chi connectivity index (χ4n) is 2.19. The van der Waals surface area contributed by atoms with Crippen LogP contribution in [0.2, 0.25) is 0 Å². The van der Waals surface area contributed by atoms with E-state index in [1.54, 1.807) is 0 Å². The summed E-state index contributed by atoms with van der Waals surface area (Å²) in [5.41, 5.74) is 0.811. The number of pyridine rings is 1. The second-order valence-corrected chi connectivity index (χ2v) is 5.08. The highest BCUT2D eigenvalue weighted by Gasteiger charge is 2.04. The van der Waals surface area contributed by atoms with Crippen LogP contribution >= 0.6 is 0 Å². The van der Waals surface area contributed by atoms with Crippen molar-refractivity contribution in [3.63, 3.8) is 0 Å². The molecule has 1 N–H and O–H groups in total. The molecule has 0 unspecified atom stereocenters. The summed E-state index contributed by atoms with van der Waals surface area (Å²) in [6, 6.07) is 13.5. The molecular formula is C18H23N2O2+. The van der Waals surface area contributed by atoms with Crippen LogP contribution in [0, 0.1) is 0 Å². The molecule has 0 aliphatic carbocycles. The first-order chi connectivity index (χ1) is 10.8. The molecule has 0 saturated carbocycles. The molecule has 0 spiro atoms. The number of rotatable bonds is 8. The molecule has 1 aromatic heterocycles. The van der Waals surface area contributed by atoms with Gasteiger partial charge in [-0.1, -0.05) is 6.07 Å². The van der Waals surface area contributed by atoms with Gasteiger partial charge in [0.2, 0.25) is 5.91 Å². The second kappa shape index (κ2) is 8.82. The molecule has 1 heterocycles. The van der Waals surface area contributed by atoms with Crippen LogP contribution < -0.4 is 14.6 Å². The van der Waals surface area contributed by atoms with Crippen molar-refractivity contribution >= 4 is 11.6 Å². The van der Waals surface area contributed by atoms with Gasteiger partial charge >= 0.3 is 0 Å². The van der Waals surface area contributed by atoms with Crippen molar-refractivity contribution in [3.05, 3.63) is 54.9 Å². The number of hydrogen-bond acceptors (Lipinski definition) is 2. The largest absolute Gasteiger partial charge is 0.494 e. The molecule has 22 heavy (non-hydrogen) atoms. The number of ether oxygens (including phenoxy) is 1. The molecule has 0 aliphatic heterocycles. The summed E-state index contributed by atoms with van der Waals surface area (Å²) in [7, 11) is 0. The molecule has 4 nitrogen and oxygen atoms in total. The highest BCUT2D eigenvalue weighted by Crippen LogP contribution is 2.15. The van der Waals surface area contributed by atoms with E-state index >= 15 is 0 Å². The number of benzene rings is 1. The highest BCUT2D eigenvalue weighted by molar-refractivity contribution is 5.90. The Morgan fingerprint density at radius 1 is 1.09 bits per heavy atom. The normalized spacial score (nSPS) is 10.2. The standard InChI is InChI=1S/C18H22N2O2/c1-2-22-17-11-9-16(10-12-17)19-18(21)8-4-7-15-20-13-5-3-6-14-20/h3,5-6,9-14H,2,4,7-8,15H2,1H3/p+1. The maximum atomic E-state index is 11.9. The zero-order chi connectivity index (χ0) is 15.6. The Bertz CT molecular complexity index is 567. The van der Waals surface area contributed by atoms with Crippen LogP contribution in [0.25, 0.3) is 0 Å². The lowest BCUT2D eigenvalue weighted by Crippen LogP contribution is -2.32. The first kappa shape index (κ1) is 16.0. The number of nitrogens with one attached hydrogen (secondary N) is 1. The summed E-state index contributed by atoms with van der Waals surface area (Å²) < 4.78 is 7.50. The Labute approximate surface area is 131 Å². The summed E-state index contributed by atoms with van der Waals surface area (Å²) in [5.74, 6) is 0.877. The minimum absolute atomic E-state index is 0.0576. The average Bonchev–Trinajstić information content (AvgIpc) is 2.55. The predicted octanol–water partition coefficient (Wildman–Crippen LogP) is 3.18. The molecule has 0 aliphatic rings. The number of carbonyl (C=O) groups is 1. The molecule has 1 amide bonds. The van der Waals surface area contributed by atoms with Crippen LogP contribution in [-0.4, -0.2) is 12.5 Å². The summed E-state index contributed by atoms with van der Waals surface area (Å²) in [6.07, 6.45) is 6.50. The van der Waals surface area contributed by atoms with E-state index in [1.807, 2.05) is 61.8 Å². The number of aromatic nitrogens is 1. The molecule has 0 atom stereocenters. The first-order valence-electron chi connectivity index (χ1n) is 7.74. The molecule has 0 fully saturated rings. The maximum absolute atomic E-state index is 11.9. The van der Waals surface area contributed by atoms with E-state index in [9.17, 15) is 4.79 Å². The topological polar surface area (TPSA) is 42.2 Å². The van der Waals surface area contributed by atoms with Gasteiger partial charge < -0.3 is 10.1 Å². The summed E-state index contributed by atoms with van der Waals surface area (Å²) in [4.78, 5) is 11.9. The fraction of sp³-hybridized carbons (Fsp3) is 0.333. The summed E-state index contributed by atoms with van der Waals surface area (Å²) in [6.45, 7) is 3.53. The third-order valence-electron chi connectivity index (χ3n) is 3.30. The van der Waals surface area contributed by atoms with E-state index in [0.29, 0.717) is 13.0 Å². The van der Waals surface area contributed by atoms with Crippen molar-refractivity contribution in [3.8, 4) is 5.75 Å². The van der Waals surface area contributed by atoms with Gasteiger partial charge in [0.25, 0.3) is 0 Å². The van der Waals surface area contributed by atoms with Crippen molar-refractivity contribution in [2.75, 3.05) is 11.9 Å². The van der Waals surface area contributed by atoms with Gasteiger partial charge in [0.15, 0.2) is 12.4 Å². The number of carbonyl (C=O) groups excluding carboxylic acids is 1. The third kappa shape index (κ3) is 5.56. The molecule has 0 bridgehead atoms. The summed E-state index contributed by atoms with van der Waals surface area (Å²) >= 11 is 0. The zero-order valence-corrected chi connectivity index (χ0v) is 13.0. The predicted molar refractivity (Wildman–Crippen MR) is 86.7 cm³/mol. The van der Waals surface area contributed by atoms with E-state index in [0.717, 1.165) is 30.8 Å². The van der Waals surface area contributed by atoms with Gasteiger partial charge in [0.05, 0.1) is 6.61 Å². The van der Waals surface area contributed by atoms with Gasteiger partial charge in [-0.15, -0.1) is 0 Å². The third-order valence-corrected chi connectivity index (χ3v) is 3.30. The van der Waals surface area contributed by atoms with Crippen molar-refractivity contribution < 1.29 is 14.1 Å². The molecular weight excluding hydrogens is 276 g/mol. The molecule has 116 valence electrons. The Hall–Kier alpha value is -2.36. The Morgan fingerprint density at radius 2 is 1.82 bits per heavy atom. The Balaban J connectivity index is 1.67. The number of amides is 1. The van der Waals surface area contributed by atoms with Gasteiger partial charge in [0.1, 0.15) is 12.3 Å². The van der Waals surface area contributed by atoms with Gasteiger partial charge in [-0.05, 0) is 37.6 Å². The number of hydrogen-bond donors (Lipinski definition) is 1. The zero-order valence-electron chi connectivity index (χ0n) is 13.0. The first-order valence-corrected chi connectivity index (χ1v) is 7.74. The van der Waals surface area contributed by atoms with E-state index in [2.05, 4.69) is 9.88 Å². The lowest BCUT2D eigenvalue weighted by molar-refractivity contribution is -0.697. The molecule has 4 heteroatoms. The van der Waals surface area contributed by atoms with Crippen LogP contribution in [0.15, 0.2) is 54.9 Å². The number of unbranched alkanes of at least 4 members (excludes halogenated alkanes) is 1. The maximum Gasteiger partial charge on any atom is 0.224 e. The van der Waals surface area contributed by atoms with Gasteiger partial charge in [-0.2, -0.15) is 0 Å². The van der Waals surface area contributed by atoms with Gasteiger partial charge in [-0.3, -0.25) is 4.79 Å². The minimum atomic E-state index is 0.0576. The van der Waals surface area contributed by atoms with Gasteiger partial charge in [-0.25, -0.2) is 4.57 Å². The van der Waals surface area contributed by atoms with Crippen molar-refractivity contribution in [2.45, 2.75) is 32.7 Å². The number of aryl methyl sites for hydroxylation is 1. The SMILES string of the molecule is CCOc1ccc(NC(=O)CCCC[n+]2ccccc2)cc1. The van der Waals surface area contributed by atoms with Crippen molar-refractivity contribution in [2.24, 2.45) is 0 Å². The minimum Gasteiger partial charge on any atom is -0.494 e. The van der Waals surface area contributed by atoms with E-state index < -0.39 is 0 Å². The van der Waals surface area contributed by atoms with Crippen LogP contribution in [0.4, 0.5) is 5.69 Å². The number of nitrogens with zero attached hydrogens (tertiary/aromatic N) is 1. The Kier molecular flexibility index (Phi) is 6.42. The quantitative estimate of drug-likeness (QED) is 0.601. The van der Waals surface area contributed by atoms with Crippen molar-refractivity contribution in [1.29, 1.82) is 0 Å². The van der Waals surface area contributed by atoms with Crippen LogP contribution in [0.3, 0.4) is 0 Å². The van der Waals surface area contributed by atoms with Crippen molar-refractivity contribution in [1.82, 2.24) is 0 Å². The van der Waals surface area contributed by atoms with Gasteiger partial charge in [0, 0.05) is 30.7 Å². The molecule has 2 rings (SSSR count). The second-order valence-electron chi connectivity index (χ2n) is 5.08. The number of anilines is 1. The lowest BCUT2D eigenvalue weighted by atomic mass is 10.2. The van der Waals surface area contributed by atoms with Crippen LogP contribution in [-0.2, 0) is 11.3 Å². The van der Waals surface area contributed by atoms with Crippen LogP contribution in [0.1, 0.15) is 26.2 Å². The average molecular weight is 299 g/mol. The highest BCUT2D eigenvalue weighted by atomic mass is 16.5. The molecule has 0 saturated heterocycles. The summed E-state index contributed by atoms with van der Waals surface area (Å²) in [5, 5.41) is 2.91. The monoisotopic (exact) mass is 299 g/mol. The molecule has 0 radical (unpaired) electrons. The lowest BCUT2D eigenvalue weighted by Gasteiger charge is -2.06. The fourth-order valence-corrected chi connectivity index (χ4v) is 2.19. The molecule has 1 aromatic carbocycles. The molecule has 2 aromatic rings. The smallest absolute Gasteiger partial charge is 0.224 e. The van der Waals surface area contributed by atoms with E-state index in [1.165, 1.54) is 0 Å². The van der Waals surface area contributed by atoms with E-state index in [4.69, 9.17) is 4.74 Å².